The van der Waals surface area contributed by atoms with Crippen LogP contribution >= 0.6 is 11.6 Å². The third-order valence-electron chi connectivity index (χ3n) is 3.92. The number of hydrogen-bond acceptors (Lipinski definition) is 3. The molecule has 1 fully saturated rings. The number of rotatable bonds is 4. The van der Waals surface area contributed by atoms with Crippen molar-refractivity contribution in [3.8, 4) is 0 Å². The first-order valence-corrected chi connectivity index (χ1v) is 8.87. The van der Waals surface area contributed by atoms with Gasteiger partial charge in [-0.3, -0.25) is 0 Å². The predicted molar refractivity (Wildman–Crippen MR) is 79.4 cm³/mol. The van der Waals surface area contributed by atoms with Crippen LogP contribution in [0.5, 0.6) is 0 Å². The molecule has 0 saturated carbocycles. The highest BCUT2D eigenvalue weighted by Crippen LogP contribution is 2.27. The van der Waals surface area contributed by atoms with Crippen molar-refractivity contribution < 1.29 is 12.8 Å². The van der Waals surface area contributed by atoms with E-state index in [1.54, 1.807) is 19.2 Å². The van der Waals surface area contributed by atoms with Crippen molar-refractivity contribution in [1.29, 1.82) is 0 Å². The average molecular weight is 320 g/mol. The Hall–Kier alpha value is -0.650. The van der Waals surface area contributed by atoms with Crippen LogP contribution in [-0.2, 0) is 16.3 Å². The second-order valence-corrected chi connectivity index (χ2v) is 7.93. The van der Waals surface area contributed by atoms with E-state index in [1.165, 1.54) is 6.07 Å². The smallest absolute Gasteiger partial charge is 0.154 e. The van der Waals surface area contributed by atoms with Crippen LogP contribution in [0.25, 0.3) is 0 Å². The Labute approximate surface area is 124 Å². The summed E-state index contributed by atoms with van der Waals surface area (Å²) in [6, 6.07) is 4.40. The number of hydrogen-bond donors (Lipinski definition) is 1. The van der Waals surface area contributed by atoms with Crippen molar-refractivity contribution in [3.63, 3.8) is 0 Å². The molecule has 0 aliphatic carbocycles. The van der Waals surface area contributed by atoms with Crippen LogP contribution < -0.4 is 5.32 Å². The molecule has 20 heavy (non-hydrogen) atoms. The molecule has 112 valence electrons. The van der Waals surface area contributed by atoms with Gasteiger partial charge in [0.05, 0.1) is 16.0 Å². The zero-order chi connectivity index (χ0) is 14.8. The Bertz CT molecular complexity index is 577. The molecule has 0 spiro atoms. The fraction of sp³-hybridized carbons (Fsp3) is 0.571. The Morgan fingerprint density at radius 1 is 1.45 bits per heavy atom. The molecule has 1 aliphatic heterocycles. The van der Waals surface area contributed by atoms with Gasteiger partial charge in [0.1, 0.15) is 5.82 Å². The monoisotopic (exact) mass is 319 g/mol. The lowest BCUT2D eigenvalue weighted by Gasteiger charge is -2.30. The van der Waals surface area contributed by atoms with E-state index in [0.717, 1.165) is 12.8 Å². The number of halogens is 2. The van der Waals surface area contributed by atoms with E-state index in [0.29, 0.717) is 18.4 Å². The third-order valence-corrected chi connectivity index (χ3v) is 6.69. The van der Waals surface area contributed by atoms with Crippen LogP contribution in [0.3, 0.4) is 0 Å². The Kier molecular flexibility index (Phi) is 5.04. The summed E-state index contributed by atoms with van der Waals surface area (Å²) in [7, 11) is -1.34. The fourth-order valence-electron chi connectivity index (χ4n) is 2.79. The minimum atomic E-state index is -3.08. The van der Waals surface area contributed by atoms with Gasteiger partial charge in [0.15, 0.2) is 9.84 Å². The van der Waals surface area contributed by atoms with E-state index in [1.807, 2.05) is 0 Å². The van der Waals surface area contributed by atoms with Crippen LogP contribution in [-0.4, -0.2) is 32.5 Å². The molecule has 1 saturated heterocycles. The Morgan fingerprint density at radius 2 is 2.20 bits per heavy atom. The highest BCUT2D eigenvalue weighted by atomic mass is 35.5. The molecular formula is C14H19ClFNO2S. The van der Waals surface area contributed by atoms with Gasteiger partial charge in [-0.1, -0.05) is 30.2 Å². The lowest BCUT2D eigenvalue weighted by Crippen LogP contribution is -2.46. The van der Waals surface area contributed by atoms with E-state index >= 15 is 0 Å². The van der Waals surface area contributed by atoms with Crippen LogP contribution in [0, 0.1) is 5.82 Å². The summed E-state index contributed by atoms with van der Waals surface area (Å²) >= 11 is 5.95. The van der Waals surface area contributed by atoms with Crippen molar-refractivity contribution in [3.05, 3.63) is 34.6 Å². The van der Waals surface area contributed by atoms with Crippen LogP contribution in [0.2, 0.25) is 5.02 Å². The summed E-state index contributed by atoms with van der Waals surface area (Å²) in [5.41, 5.74) is 0.645. The second-order valence-electron chi connectivity index (χ2n) is 5.21. The number of sulfone groups is 1. The summed E-state index contributed by atoms with van der Waals surface area (Å²) in [5.74, 6) is -0.224. The van der Waals surface area contributed by atoms with Crippen LogP contribution in [0.15, 0.2) is 18.2 Å². The highest BCUT2D eigenvalue weighted by molar-refractivity contribution is 7.92. The summed E-state index contributed by atoms with van der Waals surface area (Å²) in [4.78, 5) is 0. The van der Waals surface area contributed by atoms with Crippen molar-refractivity contribution >= 4 is 21.4 Å². The van der Waals surface area contributed by atoms with Gasteiger partial charge in [0.2, 0.25) is 0 Å². The standard InChI is InChI=1S/C14H19ClFNO2S/c1-17-12(13-7-2-3-8-20(13,18)19)9-10-5-4-6-11(16)14(10)15/h4-6,12-13,17H,2-3,7-9H2,1H3. The van der Waals surface area contributed by atoms with E-state index in [-0.39, 0.29) is 16.8 Å². The molecule has 0 amide bonds. The summed E-state index contributed by atoms with van der Waals surface area (Å²) in [6.07, 6.45) is 2.71. The molecule has 1 heterocycles. The van der Waals surface area contributed by atoms with Gasteiger partial charge in [-0.05, 0) is 37.9 Å². The fourth-order valence-corrected chi connectivity index (χ4v) is 5.16. The van der Waals surface area contributed by atoms with Gasteiger partial charge in [0, 0.05) is 6.04 Å². The van der Waals surface area contributed by atoms with Crippen molar-refractivity contribution in [2.24, 2.45) is 0 Å². The molecule has 0 radical (unpaired) electrons. The number of likely N-dealkylation sites (N-methyl/N-ethyl adjacent to an activating group) is 1. The van der Waals surface area contributed by atoms with E-state index < -0.39 is 20.9 Å². The van der Waals surface area contributed by atoms with Gasteiger partial charge in [0.25, 0.3) is 0 Å². The van der Waals surface area contributed by atoms with Gasteiger partial charge in [-0.15, -0.1) is 0 Å². The maximum atomic E-state index is 13.5. The molecule has 2 rings (SSSR count). The minimum Gasteiger partial charge on any atom is -0.315 e. The number of nitrogens with one attached hydrogen (secondary N) is 1. The molecule has 0 aromatic heterocycles. The molecule has 2 atom stereocenters. The van der Waals surface area contributed by atoms with Crippen LogP contribution in [0.1, 0.15) is 24.8 Å². The zero-order valence-electron chi connectivity index (χ0n) is 11.4. The van der Waals surface area contributed by atoms with Gasteiger partial charge in [-0.2, -0.15) is 0 Å². The second kappa shape index (κ2) is 6.41. The van der Waals surface area contributed by atoms with E-state index in [4.69, 9.17) is 11.6 Å². The highest BCUT2D eigenvalue weighted by Gasteiger charge is 2.35. The lowest BCUT2D eigenvalue weighted by molar-refractivity contribution is 0.456. The van der Waals surface area contributed by atoms with Crippen molar-refractivity contribution in [2.75, 3.05) is 12.8 Å². The molecule has 3 nitrogen and oxygen atoms in total. The first-order chi connectivity index (χ1) is 9.45. The lowest BCUT2D eigenvalue weighted by atomic mass is 9.99. The molecule has 1 aliphatic rings. The largest absolute Gasteiger partial charge is 0.315 e. The Balaban J connectivity index is 2.22. The normalized spacial score (nSPS) is 23.4. The summed E-state index contributed by atoms with van der Waals surface area (Å²) < 4.78 is 37.8. The first-order valence-electron chi connectivity index (χ1n) is 6.77. The molecule has 1 N–H and O–H groups in total. The number of benzene rings is 1. The first kappa shape index (κ1) is 15.7. The average Bonchev–Trinajstić information content (AvgIpc) is 2.41. The molecular weight excluding hydrogens is 301 g/mol. The van der Waals surface area contributed by atoms with Crippen LogP contribution in [0.4, 0.5) is 4.39 Å². The predicted octanol–water partition coefficient (Wildman–Crippen LogP) is 2.58. The minimum absolute atomic E-state index is 0.0842. The quantitative estimate of drug-likeness (QED) is 0.928. The zero-order valence-corrected chi connectivity index (χ0v) is 13.0. The molecule has 0 bridgehead atoms. The Morgan fingerprint density at radius 3 is 2.85 bits per heavy atom. The SMILES string of the molecule is CNC(Cc1cccc(F)c1Cl)C1CCCCS1(=O)=O. The molecule has 1 aromatic rings. The van der Waals surface area contributed by atoms with Crippen molar-refractivity contribution in [2.45, 2.75) is 37.0 Å². The van der Waals surface area contributed by atoms with Crippen molar-refractivity contribution in [1.82, 2.24) is 5.32 Å². The summed E-state index contributed by atoms with van der Waals surface area (Å²) in [6.45, 7) is 0. The maximum absolute atomic E-state index is 13.5. The van der Waals surface area contributed by atoms with Gasteiger partial charge < -0.3 is 5.32 Å². The molecule has 1 aromatic carbocycles. The van der Waals surface area contributed by atoms with Gasteiger partial charge >= 0.3 is 0 Å². The third kappa shape index (κ3) is 3.32. The van der Waals surface area contributed by atoms with Gasteiger partial charge in [-0.25, -0.2) is 12.8 Å². The topological polar surface area (TPSA) is 46.2 Å². The molecule has 6 heteroatoms. The summed E-state index contributed by atoms with van der Waals surface area (Å²) in [5, 5.41) is 2.73. The molecule has 2 unspecified atom stereocenters. The van der Waals surface area contributed by atoms with E-state index in [9.17, 15) is 12.8 Å². The maximum Gasteiger partial charge on any atom is 0.154 e. The van der Waals surface area contributed by atoms with E-state index in [2.05, 4.69) is 5.32 Å².